The number of nitrogens with zero attached hydrogens (tertiary/aromatic N) is 3. The maximum atomic E-state index is 8.97. The molecule has 0 amide bonds. The van der Waals surface area contributed by atoms with E-state index in [0.29, 0.717) is 5.56 Å². The van der Waals surface area contributed by atoms with Crippen LogP contribution in [0.25, 0.3) is 0 Å². The van der Waals surface area contributed by atoms with E-state index in [1.807, 2.05) is 6.92 Å². The van der Waals surface area contributed by atoms with Crippen LogP contribution in [0.5, 0.6) is 0 Å². The maximum Gasteiger partial charge on any atom is 0.168 e. The highest BCUT2D eigenvalue weighted by Gasteiger charge is 2.18. The number of nitriles is 1. The van der Waals surface area contributed by atoms with Crippen LogP contribution in [0.4, 0.5) is 5.82 Å². The third kappa shape index (κ3) is 1.44. The van der Waals surface area contributed by atoms with Crippen molar-refractivity contribution >= 4 is 5.82 Å². The van der Waals surface area contributed by atoms with Crippen molar-refractivity contribution < 1.29 is 0 Å². The monoisotopic (exact) mass is 191 g/mol. The Morgan fingerprint density at radius 1 is 1.43 bits per heavy atom. The molecule has 5 nitrogen and oxygen atoms in total. The molecule has 1 aliphatic rings. The Balaban J connectivity index is 2.26. The lowest BCUT2D eigenvalue weighted by Crippen LogP contribution is -2.44. The molecular formula is C9H13N5. The number of hydrogen-bond donors (Lipinski definition) is 2. The smallest absolute Gasteiger partial charge is 0.168 e. The first kappa shape index (κ1) is 9.03. The standard InChI is InChI=1S/C9H13N5/c1-7-8(6-10)9(13-12-7)14-4-2-11-3-5-14/h11H,2-5H2,1H3,(H,12,13). The molecule has 1 saturated heterocycles. The van der Waals surface area contributed by atoms with Gasteiger partial charge in [0, 0.05) is 26.2 Å². The molecule has 1 aromatic rings. The summed E-state index contributed by atoms with van der Waals surface area (Å²) in [6.07, 6.45) is 0. The number of hydrogen-bond acceptors (Lipinski definition) is 4. The van der Waals surface area contributed by atoms with Crippen molar-refractivity contribution in [3.05, 3.63) is 11.3 Å². The van der Waals surface area contributed by atoms with Crippen LogP contribution in [0.3, 0.4) is 0 Å². The van der Waals surface area contributed by atoms with Crippen molar-refractivity contribution in [2.24, 2.45) is 0 Å². The van der Waals surface area contributed by atoms with E-state index in [1.165, 1.54) is 0 Å². The second-order valence-corrected chi connectivity index (χ2v) is 3.40. The predicted octanol–water partition coefficient (Wildman–Crippen LogP) is -0.000600. The van der Waals surface area contributed by atoms with Crippen LogP contribution in [-0.2, 0) is 0 Å². The molecule has 74 valence electrons. The number of aromatic amines is 1. The SMILES string of the molecule is Cc1[nH]nc(N2CCNCC2)c1C#N. The molecule has 0 aromatic carbocycles. The molecule has 2 rings (SSSR count). The first-order chi connectivity index (χ1) is 6.83. The van der Waals surface area contributed by atoms with Gasteiger partial charge in [0.1, 0.15) is 11.6 Å². The number of anilines is 1. The van der Waals surface area contributed by atoms with Gasteiger partial charge in [0.2, 0.25) is 0 Å². The fraction of sp³-hybridized carbons (Fsp3) is 0.556. The zero-order valence-corrected chi connectivity index (χ0v) is 8.17. The summed E-state index contributed by atoms with van der Waals surface area (Å²) in [6.45, 7) is 5.61. The fourth-order valence-electron chi connectivity index (χ4n) is 1.66. The molecule has 1 fully saturated rings. The van der Waals surface area contributed by atoms with E-state index in [9.17, 15) is 0 Å². The van der Waals surface area contributed by atoms with Gasteiger partial charge >= 0.3 is 0 Å². The van der Waals surface area contributed by atoms with Gasteiger partial charge in [-0.15, -0.1) is 0 Å². The van der Waals surface area contributed by atoms with Gasteiger partial charge in [-0.2, -0.15) is 10.4 Å². The lowest BCUT2D eigenvalue weighted by molar-refractivity contribution is 0.584. The molecule has 0 aliphatic carbocycles. The van der Waals surface area contributed by atoms with Crippen LogP contribution in [0.15, 0.2) is 0 Å². The minimum Gasteiger partial charge on any atom is -0.351 e. The minimum atomic E-state index is 0.673. The Hall–Kier alpha value is -1.54. The van der Waals surface area contributed by atoms with Gasteiger partial charge in [-0.25, -0.2) is 0 Å². The van der Waals surface area contributed by atoms with E-state index in [-0.39, 0.29) is 0 Å². The molecule has 14 heavy (non-hydrogen) atoms. The molecule has 1 aliphatic heterocycles. The quantitative estimate of drug-likeness (QED) is 0.655. The highest BCUT2D eigenvalue weighted by atomic mass is 15.3. The molecule has 0 unspecified atom stereocenters. The van der Waals surface area contributed by atoms with Crippen molar-refractivity contribution in [2.75, 3.05) is 31.1 Å². The number of aryl methyl sites for hydroxylation is 1. The molecule has 0 radical (unpaired) electrons. The van der Waals surface area contributed by atoms with Crippen LogP contribution in [-0.4, -0.2) is 36.4 Å². The molecule has 2 N–H and O–H groups in total. The van der Waals surface area contributed by atoms with Crippen LogP contribution in [0.2, 0.25) is 0 Å². The van der Waals surface area contributed by atoms with Crippen LogP contribution >= 0.6 is 0 Å². The van der Waals surface area contributed by atoms with Gasteiger partial charge in [0.25, 0.3) is 0 Å². The molecular weight excluding hydrogens is 178 g/mol. The van der Waals surface area contributed by atoms with Gasteiger partial charge in [-0.3, -0.25) is 5.10 Å². The molecule has 2 heterocycles. The van der Waals surface area contributed by atoms with Gasteiger partial charge in [-0.05, 0) is 6.92 Å². The summed E-state index contributed by atoms with van der Waals surface area (Å²) in [5.74, 6) is 0.798. The molecule has 0 saturated carbocycles. The number of nitrogens with one attached hydrogen (secondary N) is 2. The minimum absolute atomic E-state index is 0.673. The topological polar surface area (TPSA) is 67.7 Å². The molecule has 1 aromatic heterocycles. The summed E-state index contributed by atoms with van der Waals surface area (Å²) in [5, 5.41) is 19.2. The van der Waals surface area contributed by atoms with E-state index in [0.717, 1.165) is 37.7 Å². The van der Waals surface area contributed by atoms with Crippen LogP contribution < -0.4 is 10.2 Å². The average Bonchev–Trinajstić information content (AvgIpc) is 2.61. The lowest BCUT2D eigenvalue weighted by atomic mass is 10.2. The Labute approximate surface area is 82.7 Å². The Morgan fingerprint density at radius 2 is 2.14 bits per heavy atom. The number of aromatic nitrogens is 2. The Bertz CT molecular complexity index is 356. The molecule has 0 atom stereocenters. The second kappa shape index (κ2) is 3.68. The maximum absolute atomic E-state index is 8.97. The second-order valence-electron chi connectivity index (χ2n) is 3.40. The fourth-order valence-corrected chi connectivity index (χ4v) is 1.66. The number of H-pyrrole nitrogens is 1. The molecule has 0 bridgehead atoms. The third-order valence-corrected chi connectivity index (χ3v) is 2.46. The van der Waals surface area contributed by atoms with E-state index < -0.39 is 0 Å². The largest absolute Gasteiger partial charge is 0.351 e. The summed E-state index contributed by atoms with van der Waals surface area (Å²) < 4.78 is 0. The van der Waals surface area contributed by atoms with E-state index in [2.05, 4.69) is 26.5 Å². The van der Waals surface area contributed by atoms with Crippen molar-refractivity contribution in [1.29, 1.82) is 5.26 Å². The number of piperazine rings is 1. The normalized spacial score (nSPS) is 16.7. The summed E-state index contributed by atoms with van der Waals surface area (Å²) in [4.78, 5) is 2.14. The number of rotatable bonds is 1. The van der Waals surface area contributed by atoms with Crippen molar-refractivity contribution in [3.8, 4) is 6.07 Å². The molecule has 0 spiro atoms. The Morgan fingerprint density at radius 3 is 2.79 bits per heavy atom. The predicted molar refractivity (Wildman–Crippen MR) is 53.1 cm³/mol. The highest BCUT2D eigenvalue weighted by Crippen LogP contribution is 2.19. The van der Waals surface area contributed by atoms with Crippen molar-refractivity contribution in [3.63, 3.8) is 0 Å². The third-order valence-electron chi connectivity index (χ3n) is 2.46. The Kier molecular flexibility index (Phi) is 2.37. The van der Waals surface area contributed by atoms with E-state index >= 15 is 0 Å². The van der Waals surface area contributed by atoms with Gasteiger partial charge in [-0.1, -0.05) is 0 Å². The van der Waals surface area contributed by atoms with Crippen molar-refractivity contribution in [2.45, 2.75) is 6.92 Å². The van der Waals surface area contributed by atoms with Gasteiger partial charge in [0.15, 0.2) is 5.82 Å². The first-order valence-corrected chi connectivity index (χ1v) is 4.73. The van der Waals surface area contributed by atoms with Crippen LogP contribution in [0.1, 0.15) is 11.3 Å². The first-order valence-electron chi connectivity index (χ1n) is 4.73. The van der Waals surface area contributed by atoms with Gasteiger partial charge in [0.05, 0.1) is 5.69 Å². The van der Waals surface area contributed by atoms with Crippen molar-refractivity contribution in [1.82, 2.24) is 15.5 Å². The van der Waals surface area contributed by atoms with E-state index in [4.69, 9.17) is 5.26 Å². The van der Waals surface area contributed by atoms with Crippen LogP contribution in [0, 0.1) is 18.3 Å². The summed E-state index contributed by atoms with van der Waals surface area (Å²) in [6, 6.07) is 2.19. The summed E-state index contributed by atoms with van der Waals surface area (Å²) >= 11 is 0. The molecule has 5 heteroatoms. The zero-order valence-electron chi connectivity index (χ0n) is 8.17. The summed E-state index contributed by atoms with van der Waals surface area (Å²) in [5.41, 5.74) is 1.52. The highest BCUT2D eigenvalue weighted by molar-refractivity contribution is 5.56. The zero-order chi connectivity index (χ0) is 9.97. The average molecular weight is 191 g/mol. The lowest BCUT2D eigenvalue weighted by Gasteiger charge is -2.27. The van der Waals surface area contributed by atoms with Gasteiger partial charge < -0.3 is 10.2 Å². The summed E-state index contributed by atoms with van der Waals surface area (Å²) in [7, 11) is 0. The van der Waals surface area contributed by atoms with E-state index in [1.54, 1.807) is 0 Å².